The number of hydrogen-bond donors (Lipinski definition) is 2. The van der Waals surface area contributed by atoms with Crippen molar-refractivity contribution in [3.05, 3.63) is 54.1 Å². The van der Waals surface area contributed by atoms with E-state index in [2.05, 4.69) is 5.32 Å². The zero-order valence-electron chi connectivity index (χ0n) is 15.3. The van der Waals surface area contributed by atoms with Crippen molar-refractivity contribution in [2.45, 2.75) is 25.5 Å². The van der Waals surface area contributed by atoms with Gasteiger partial charge in [0, 0.05) is 6.04 Å². The minimum absolute atomic E-state index is 0.0551. The molecule has 0 unspecified atom stereocenters. The van der Waals surface area contributed by atoms with E-state index in [1.165, 1.54) is 6.92 Å². The second-order valence-corrected chi connectivity index (χ2v) is 9.01. The molecule has 0 aliphatic carbocycles. The first-order valence-electron chi connectivity index (χ1n) is 8.85. The molecule has 1 heterocycles. The van der Waals surface area contributed by atoms with Gasteiger partial charge < -0.3 is 15.2 Å². The number of sulfone groups is 1. The lowest BCUT2D eigenvalue weighted by Gasteiger charge is -2.16. The number of phenols is 1. The molecule has 2 N–H and O–H groups in total. The number of ether oxygens (including phenoxy) is 1. The van der Waals surface area contributed by atoms with Gasteiger partial charge in [0.1, 0.15) is 5.75 Å². The Kier molecular flexibility index (Phi) is 5.69. The number of hydrogen-bond acceptors (Lipinski definition) is 6. The molecule has 2 aromatic carbocycles. The lowest BCUT2D eigenvalue weighted by atomic mass is 10.0. The number of rotatable bonds is 5. The van der Waals surface area contributed by atoms with Crippen LogP contribution < -0.4 is 5.32 Å². The van der Waals surface area contributed by atoms with Crippen LogP contribution in [0.5, 0.6) is 5.75 Å². The van der Waals surface area contributed by atoms with Crippen LogP contribution in [0.15, 0.2) is 48.5 Å². The predicted octanol–water partition coefficient (Wildman–Crippen LogP) is 1.91. The van der Waals surface area contributed by atoms with Crippen molar-refractivity contribution in [1.82, 2.24) is 5.32 Å². The van der Waals surface area contributed by atoms with Crippen LogP contribution in [0.25, 0.3) is 11.1 Å². The van der Waals surface area contributed by atoms with E-state index in [0.29, 0.717) is 12.0 Å². The summed E-state index contributed by atoms with van der Waals surface area (Å²) >= 11 is 0. The van der Waals surface area contributed by atoms with Gasteiger partial charge in [0.25, 0.3) is 5.91 Å². The maximum atomic E-state index is 12.3. The summed E-state index contributed by atoms with van der Waals surface area (Å²) < 4.78 is 28.1. The summed E-state index contributed by atoms with van der Waals surface area (Å²) in [5, 5.41) is 12.0. The molecule has 0 radical (unpaired) electrons. The highest BCUT2D eigenvalue weighted by Crippen LogP contribution is 2.22. The van der Waals surface area contributed by atoms with Gasteiger partial charge in [-0.3, -0.25) is 4.79 Å². The third kappa shape index (κ3) is 4.89. The standard InChI is InChI=1S/C20H21NO6S/c1-13(19(23)21-17-10-11-28(25,26)12-17)27-20(24)16-4-2-14(3-5-16)15-6-8-18(22)9-7-15/h2-9,13,17,22H,10-12H2,1H3,(H,21,23)/t13-,17-/m1/s1. The highest BCUT2D eigenvalue weighted by atomic mass is 32.2. The molecule has 1 aliphatic heterocycles. The SMILES string of the molecule is C[C@@H](OC(=O)c1ccc(-c2ccc(O)cc2)cc1)C(=O)N[C@@H]1CCS(=O)(=O)C1. The summed E-state index contributed by atoms with van der Waals surface area (Å²) in [5.41, 5.74) is 2.05. The number of aromatic hydroxyl groups is 1. The summed E-state index contributed by atoms with van der Waals surface area (Å²) in [6.07, 6.45) is -0.666. The maximum Gasteiger partial charge on any atom is 0.338 e. The minimum atomic E-state index is -3.10. The van der Waals surface area contributed by atoms with Crippen molar-refractivity contribution >= 4 is 21.7 Å². The lowest BCUT2D eigenvalue weighted by Crippen LogP contribution is -2.42. The van der Waals surface area contributed by atoms with E-state index in [1.54, 1.807) is 48.5 Å². The lowest BCUT2D eigenvalue weighted by molar-refractivity contribution is -0.129. The average Bonchev–Trinajstić information content (AvgIpc) is 3.00. The van der Waals surface area contributed by atoms with E-state index >= 15 is 0 Å². The van der Waals surface area contributed by atoms with Crippen LogP contribution in [0, 0.1) is 0 Å². The summed E-state index contributed by atoms with van der Waals surface area (Å²) in [5.74, 6) is -1.01. The van der Waals surface area contributed by atoms with E-state index in [0.717, 1.165) is 11.1 Å². The van der Waals surface area contributed by atoms with E-state index in [4.69, 9.17) is 4.74 Å². The van der Waals surface area contributed by atoms with Gasteiger partial charge in [0.05, 0.1) is 17.1 Å². The van der Waals surface area contributed by atoms with Crippen LogP contribution in [0.1, 0.15) is 23.7 Å². The van der Waals surface area contributed by atoms with E-state index in [9.17, 15) is 23.1 Å². The van der Waals surface area contributed by atoms with Gasteiger partial charge in [0.2, 0.25) is 0 Å². The summed E-state index contributed by atoms with van der Waals surface area (Å²) in [6, 6.07) is 12.9. The van der Waals surface area contributed by atoms with Crippen molar-refractivity contribution in [2.75, 3.05) is 11.5 Å². The molecular weight excluding hydrogens is 382 g/mol. The Labute approximate surface area is 163 Å². The molecule has 2 atom stereocenters. The number of carbonyl (C=O) groups is 2. The van der Waals surface area contributed by atoms with E-state index in [1.807, 2.05) is 0 Å². The maximum absolute atomic E-state index is 12.3. The Hall–Kier alpha value is -2.87. The topological polar surface area (TPSA) is 110 Å². The second-order valence-electron chi connectivity index (χ2n) is 6.78. The van der Waals surface area contributed by atoms with Gasteiger partial charge in [0.15, 0.2) is 15.9 Å². The summed E-state index contributed by atoms with van der Waals surface area (Å²) in [6.45, 7) is 1.45. The van der Waals surface area contributed by atoms with Crippen LogP contribution in [-0.4, -0.2) is 49.1 Å². The van der Waals surface area contributed by atoms with Gasteiger partial charge in [-0.05, 0) is 48.7 Å². The molecule has 28 heavy (non-hydrogen) atoms. The quantitative estimate of drug-likeness (QED) is 0.738. The molecule has 1 saturated heterocycles. The molecule has 7 nitrogen and oxygen atoms in total. The first-order chi connectivity index (χ1) is 13.2. The summed E-state index contributed by atoms with van der Waals surface area (Å²) in [4.78, 5) is 24.4. The Morgan fingerprint density at radius 3 is 2.18 bits per heavy atom. The van der Waals surface area contributed by atoms with Gasteiger partial charge in [-0.25, -0.2) is 13.2 Å². The Bertz CT molecular complexity index is 967. The Morgan fingerprint density at radius 2 is 1.64 bits per heavy atom. The number of nitrogens with one attached hydrogen (secondary N) is 1. The van der Waals surface area contributed by atoms with Crippen molar-refractivity contribution in [3.8, 4) is 16.9 Å². The monoisotopic (exact) mass is 403 g/mol. The van der Waals surface area contributed by atoms with Gasteiger partial charge in [-0.1, -0.05) is 24.3 Å². The zero-order valence-corrected chi connectivity index (χ0v) is 16.1. The molecule has 0 spiro atoms. The first kappa shape index (κ1) is 19.9. The molecular formula is C20H21NO6S. The number of carbonyl (C=O) groups excluding carboxylic acids is 2. The normalized spacial score (nSPS) is 19.0. The molecule has 0 saturated carbocycles. The van der Waals surface area contributed by atoms with E-state index < -0.39 is 33.9 Å². The van der Waals surface area contributed by atoms with Crippen LogP contribution in [0.3, 0.4) is 0 Å². The molecule has 1 aliphatic rings. The third-order valence-electron chi connectivity index (χ3n) is 4.55. The molecule has 0 bridgehead atoms. The van der Waals surface area contributed by atoms with Crippen molar-refractivity contribution in [3.63, 3.8) is 0 Å². The van der Waals surface area contributed by atoms with Gasteiger partial charge >= 0.3 is 5.97 Å². The Morgan fingerprint density at radius 1 is 1.07 bits per heavy atom. The van der Waals surface area contributed by atoms with Crippen molar-refractivity contribution in [2.24, 2.45) is 0 Å². The molecule has 1 fully saturated rings. The highest BCUT2D eigenvalue weighted by molar-refractivity contribution is 7.91. The number of esters is 1. The number of phenolic OH excluding ortho intramolecular Hbond substituents is 1. The van der Waals surface area contributed by atoms with Crippen LogP contribution in [-0.2, 0) is 19.4 Å². The predicted molar refractivity (Wildman–Crippen MR) is 104 cm³/mol. The first-order valence-corrected chi connectivity index (χ1v) is 10.7. The van der Waals surface area contributed by atoms with Crippen LogP contribution >= 0.6 is 0 Å². The molecule has 2 aromatic rings. The van der Waals surface area contributed by atoms with Gasteiger partial charge in [-0.15, -0.1) is 0 Å². The molecule has 0 aromatic heterocycles. The third-order valence-corrected chi connectivity index (χ3v) is 6.32. The second kappa shape index (κ2) is 8.02. The largest absolute Gasteiger partial charge is 0.508 e. The summed E-state index contributed by atoms with van der Waals surface area (Å²) in [7, 11) is -3.10. The van der Waals surface area contributed by atoms with Crippen molar-refractivity contribution < 1.29 is 27.9 Å². The van der Waals surface area contributed by atoms with Crippen molar-refractivity contribution in [1.29, 1.82) is 0 Å². The molecule has 148 valence electrons. The van der Waals surface area contributed by atoms with E-state index in [-0.39, 0.29) is 17.3 Å². The van der Waals surface area contributed by atoms with Crippen LogP contribution in [0.2, 0.25) is 0 Å². The molecule has 1 amide bonds. The van der Waals surface area contributed by atoms with Gasteiger partial charge in [-0.2, -0.15) is 0 Å². The number of amides is 1. The zero-order chi connectivity index (χ0) is 20.3. The fourth-order valence-corrected chi connectivity index (χ4v) is 4.64. The fraction of sp³-hybridized carbons (Fsp3) is 0.300. The van der Waals surface area contributed by atoms with Crippen LogP contribution in [0.4, 0.5) is 0 Å². The number of benzene rings is 2. The smallest absolute Gasteiger partial charge is 0.338 e. The average molecular weight is 403 g/mol. The molecule has 3 rings (SSSR count). The Balaban J connectivity index is 1.57. The minimum Gasteiger partial charge on any atom is -0.508 e. The highest BCUT2D eigenvalue weighted by Gasteiger charge is 2.30. The molecule has 8 heteroatoms. The fourth-order valence-electron chi connectivity index (χ4n) is 2.96.